The van der Waals surface area contributed by atoms with Gasteiger partial charge in [-0.05, 0) is 12.1 Å². The number of para-hydroxylation sites is 1. The number of nitrogens with zero attached hydrogens (tertiary/aromatic N) is 2. The molecule has 1 atom stereocenters. The summed E-state index contributed by atoms with van der Waals surface area (Å²) in [4.78, 5) is 31.5. The summed E-state index contributed by atoms with van der Waals surface area (Å²) in [7, 11) is 4.94. The molecule has 0 N–H and O–H groups in total. The molecule has 0 radical (unpaired) electrons. The van der Waals surface area contributed by atoms with E-state index < -0.39 is 18.0 Å². The summed E-state index contributed by atoms with van der Waals surface area (Å²) in [5.74, 6) is -0.633. The van der Waals surface area contributed by atoms with Crippen LogP contribution in [0, 0.1) is 0 Å². The molecule has 1 heterocycles. The molecule has 6 heteroatoms. The fraction of sp³-hybridized carbons (Fsp3) is 0.190. The zero-order valence-corrected chi connectivity index (χ0v) is 15.4. The zero-order valence-electron chi connectivity index (χ0n) is 15.4. The molecule has 0 aliphatic rings. The summed E-state index contributed by atoms with van der Waals surface area (Å²) in [6.07, 6.45) is -1.14. The number of esters is 2. The van der Waals surface area contributed by atoms with Crippen LogP contribution in [0.3, 0.4) is 0 Å². The molecule has 0 fully saturated rings. The molecule has 27 heavy (non-hydrogen) atoms. The second-order valence-electron chi connectivity index (χ2n) is 6.16. The quantitative estimate of drug-likeness (QED) is 0.647. The van der Waals surface area contributed by atoms with E-state index in [0.717, 1.165) is 0 Å². The van der Waals surface area contributed by atoms with Crippen molar-refractivity contribution < 1.29 is 19.1 Å². The Bertz CT molecular complexity index is 970. The van der Waals surface area contributed by atoms with Crippen molar-refractivity contribution in [3.05, 3.63) is 71.8 Å². The normalized spacial score (nSPS) is 11.7. The second kappa shape index (κ2) is 7.86. The van der Waals surface area contributed by atoms with Gasteiger partial charge in [-0.1, -0.05) is 48.5 Å². The van der Waals surface area contributed by atoms with Gasteiger partial charge >= 0.3 is 11.9 Å². The van der Waals surface area contributed by atoms with Crippen LogP contribution in [0.4, 0.5) is 5.82 Å². The molecule has 0 aliphatic carbocycles. The molecule has 138 valence electrons. The van der Waals surface area contributed by atoms with Crippen molar-refractivity contribution in [1.82, 2.24) is 4.98 Å². The highest BCUT2D eigenvalue weighted by molar-refractivity contribution is 6.05. The van der Waals surface area contributed by atoms with Crippen molar-refractivity contribution in [2.75, 3.05) is 26.1 Å². The van der Waals surface area contributed by atoms with E-state index in [4.69, 9.17) is 9.47 Å². The lowest BCUT2D eigenvalue weighted by molar-refractivity contribution is -0.151. The Hall–Kier alpha value is -3.41. The van der Waals surface area contributed by atoms with E-state index in [0.29, 0.717) is 27.8 Å². The molecule has 3 aromatic rings. The Morgan fingerprint density at radius 2 is 1.67 bits per heavy atom. The summed E-state index contributed by atoms with van der Waals surface area (Å²) < 4.78 is 10.4. The first-order valence-electron chi connectivity index (χ1n) is 8.42. The van der Waals surface area contributed by atoms with Crippen LogP contribution in [0.1, 0.15) is 22.0 Å². The molecule has 3 rings (SSSR count). The molecule has 1 aromatic heterocycles. The molecule has 1 unspecified atom stereocenters. The zero-order chi connectivity index (χ0) is 19.4. The van der Waals surface area contributed by atoms with Crippen molar-refractivity contribution >= 4 is 28.7 Å². The summed E-state index contributed by atoms with van der Waals surface area (Å²) in [6, 6.07) is 17.7. The van der Waals surface area contributed by atoms with E-state index in [9.17, 15) is 9.59 Å². The summed E-state index contributed by atoms with van der Waals surface area (Å²) in [5, 5.41) is 0.657. The number of methoxy groups -OCH3 is 1. The molecule has 6 nitrogen and oxygen atoms in total. The van der Waals surface area contributed by atoms with Crippen LogP contribution in [0.2, 0.25) is 0 Å². The molecule has 0 aliphatic heterocycles. The topological polar surface area (TPSA) is 68.7 Å². The van der Waals surface area contributed by atoms with Crippen molar-refractivity contribution in [3.63, 3.8) is 0 Å². The number of hydrogen-bond acceptors (Lipinski definition) is 6. The smallest absolute Gasteiger partial charge is 0.351 e. The van der Waals surface area contributed by atoms with Crippen LogP contribution >= 0.6 is 0 Å². The number of anilines is 1. The van der Waals surface area contributed by atoms with Crippen LogP contribution in [0.5, 0.6) is 0 Å². The minimum Gasteiger partial charge on any atom is -0.466 e. The maximum atomic E-state index is 13.0. The SMILES string of the molecule is COC(=O)C(OC(=O)c1cc(N(C)C)nc2ccccc12)c1ccccc1. The van der Waals surface area contributed by atoms with Crippen LogP contribution < -0.4 is 4.90 Å². The molecule has 0 amide bonds. The van der Waals surface area contributed by atoms with Gasteiger partial charge in [0.1, 0.15) is 5.82 Å². The van der Waals surface area contributed by atoms with Crippen LogP contribution in [0.15, 0.2) is 60.7 Å². The van der Waals surface area contributed by atoms with E-state index in [-0.39, 0.29) is 0 Å². The van der Waals surface area contributed by atoms with Gasteiger partial charge in [0.2, 0.25) is 6.10 Å². The number of rotatable bonds is 5. The van der Waals surface area contributed by atoms with Crippen molar-refractivity contribution in [3.8, 4) is 0 Å². The third-order valence-electron chi connectivity index (χ3n) is 4.12. The molecular formula is C21H20N2O4. The fourth-order valence-electron chi connectivity index (χ4n) is 2.72. The van der Waals surface area contributed by atoms with Crippen LogP contribution in [0.25, 0.3) is 10.9 Å². The highest BCUT2D eigenvalue weighted by Gasteiger charge is 2.27. The number of carbonyl (C=O) groups excluding carboxylic acids is 2. The standard InChI is InChI=1S/C21H20N2O4/c1-23(2)18-13-16(15-11-7-8-12-17(15)22-18)20(24)27-19(21(25)26-3)14-9-5-4-6-10-14/h4-13,19H,1-3H3. The van der Waals surface area contributed by atoms with Crippen LogP contribution in [-0.2, 0) is 14.3 Å². The largest absolute Gasteiger partial charge is 0.466 e. The van der Waals surface area contributed by atoms with Gasteiger partial charge in [0, 0.05) is 25.0 Å². The number of pyridine rings is 1. The Kier molecular flexibility index (Phi) is 5.35. The number of fused-ring (bicyclic) bond motifs is 1. The molecular weight excluding hydrogens is 344 g/mol. The minimum atomic E-state index is -1.14. The Labute approximate surface area is 157 Å². The van der Waals surface area contributed by atoms with Gasteiger partial charge in [0.25, 0.3) is 0 Å². The number of carbonyl (C=O) groups is 2. The van der Waals surface area contributed by atoms with Gasteiger partial charge in [0.15, 0.2) is 0 Å². The summed E-state index contributed by atoms with van der Waals surface area (Å²) in [6.45, 7) is 0. The number of hydrogen-bond donors (Lipinski definition) is 0. The van der Waals surface area contributed by atoms with E-state index >= 15 is 0 Å². The lowest BCUT2D eigenvalue weighted by atomic mass is 10.1. The third-order valence-corrected chi connectivity index (χ3v) is 4.12. The molecule has 0 saturated heterocycles. The van der Waals surface area contributed by atoms with Gasteiger partial charge in [-0.25, -0.2) is 14.6 Å². The Balaban J connectivity index is 2.03. The predicted molar refractivity (Wildman–Crippen MR) is 103 cm³/mol. The van der Waals surface area contributed by atoms with Gasteiger partial charge in [-0.3, -0.25) is 0 Å². The van der Waals surface area contributed by atoms with Gasteiger partial charge in [0.05, 0.1) is 18.2 Å². The Morgan fingerprint density at radius 3 is 2.33 bits per heavy atom. The first-order chi connectivity index (χ1) is 13.0. The number of benzene rings is 2. The third kappa shape index (κ3) is 3.89. The first kappa shape index (κ1) is 18.4. The number of ether oxygens (including phenoxy) is 2. The van der Waals surface area contributed by atoms with Crippen molar-refractivity contribution in [1.29, 1.82) is 0 Å². The average Bonchev–Trinajstić information content (AvgIpc) is 2.71. The maximum absolute atomic E-state index is 13.0. The van der Waals surface area contributed by atoms with E-state index in [1.807, 2.05) is 38.4 Å². The van der Waals surface area contributed by atoms with Crippen molar-refractivity contribution in [2.45, 2.75) is 6.10 Å². The predicted octanol–water partition coefficient (Wildman–Crippen LogP) is 3.37. The molecule has 0 saturated carbocycles. The molecule has 2 aromatic carbocycles. The van der Waals surface area contributed by atoms with Crippen molar-refractivity contribution in [2.24, 2.45) is 0 Å². The van der Waals surface area contributed by atoms with Gasteiger partial charge in [-0.15, -0.1) is 0 Å². The van der Waals surface area contributed by atoms with Crippen LogP contribution in [-0.4, -0.2) is 38.1 Å². The number of aromatic nitrogens is 1. The lowest BCUT2D eigenvalue weighted by Crippen LogP contribution is -2.22. The summed E-state index contributed by atoms with van der Waals surface area (Å²) in [5.41, 5.74) is 1.56. The minimum absolute atomic E-state index is 0.342. The lowest BCUT2D eigenvalue weighted by Gasteiger charge is -2.18. The second-order valence-corrected chi connectivity index (χ2v) is 6.16. The van der Waals surface area contributed by atoms with E-state index in [2.05, 4.69) is 4.98 Å². The highest BCUT2D eigenvalue weighted by atomic mass is 16.6. The average molecular weight is 364 g/mol. The molecule has 0 spiro atoms. The van der Waals surface area contributed by atoms with Gasteiger partial charge < -0.3 is 14.4 Å². The Morgan fingerprint density at radius 1 is 1.00 bits per heavy atom. The van der Waals surface area contributed by atoms with E-state index in [1.165, 1.54) is 7.11 Å². The monoisotopic (exact) mass is 364 g/mol. The van der Waals surface area contributed by atoms with E-state index in [1.54, 1.807) is 41.3 Å². The highest BCUT2D eigenvalue weighted by Crippen LogP contribution is 2.26. The maximum Gasteiger partial charge on any atom is 0.351 e. The summed E-state index contributed by atoms with van der Waals surface area (Å²) >= 11 is 0. The molecule has 0 bridgehead atoms. The fourth-order valence-corrected chi connectivity index (χ4v) is 2.72. The first-order valence-corrected chi connectivity index (χ1v) is 8.42. The van der Waals surface area contributed by atoms with Gasteiger partial charge in [-0.2, -0.15) is 0 Å².